The molecule has 5 nitrogen and oxygen atoms in total. The molecule has 0 spiro atoms. The number of aromatic hydroxyl groups is 1. The number of phenols is 1. The second-order valence-corrected chi connectivity index (χ2v) is 4.86. The number of hydrogen-bond acceptors (Lipinski definition) is 3. The van der Waals surface area contributed by atoms with Crippen LogP contribution in [-0.4, -0.2) is 43.2 Å². The third-order valence-corrected chi connectivity index (χ3v) is 2.91. The molecule has 0 saturated heterocycles. The molecule has 0 saturated carbocycles. The molecule has 1 atom stereocenters. The Labute approximate surface area is 114 Å². The molecule has 1 aromatic rings. The predicted molar refractivity (Wildman–Crippen MR) is 76.3 cm³/mol. The first kappa shape index (κ1) is 15.3. The van der Waals surface area contributed by atoms with Crippen molar-refractivity contribution in [3.8, 4) is 5.75 Å². The van der Waals surface area contributed by atoms with Crippen LogP contribution in [0.1, 0.15) is 24.1 Å². The summed E-state index contributed by atoms with van der Waals surface area (Å²) in [6, 6.07) is 5.48. The number of amides is 2. The van der Waals surface area contributed by atoms with Gasteiger partial charge in [-0.1, -0.05) is 17.7 Å². The zero-order chi connectivity index (χ0) is 14.4. The summed E-state index contributed by atoms with van der Waals surface area (Å²) in [4.78, 5) is 12.8. The minimum atomic E-state index is -0.104. The Morgan fingerprint density at radius 1 is 1.37 bits per heavy atom. The molecule has 0 aliphatic carbocycles. The zero-order valence-corrected chi connectivity index (χ0v) is 12.0. The van der Waals surface area contributed by atoms with Gasteiger partial charge in [0.25, 0.3) is 0 Å². The van der Waals surface area contributed by atoms with E-state index in [2.05, 4.69) is 10.6 Å². The van der Waals surface area contributed by atoms with E-state index in [1.54, 1.807) is 20.2 Å². The van der Waals surface area contributed by atoms with Crippen molar-refractivity contribution in [2.45, 2.75) is 19.9 Å². The third-order valence-electron chi connectivity index (χ3n) is 2.91. The molecular weight excluding hydrogens is 242 g/mol. The lowest BCUT2D eigenvalue weighted by atomic mass is 10.0. The minimum Gasteiger partial charge on any atom is -0.508 e. The van der Waals surface area contributed by atoms with Crippen LogP contribution in [0.25, 0.3) is 0 Å². The molecule has 0 aromatic heterocycles. The van der Waals surface area contributed by atoms with Crippen LogP contribution < -0.4 is 10.6 Å². The van der Waals surface area contributed by atoms with Gasteiger partial charge < -0.3 is 20.6 Å². The van der Waals surface area contributed by atoms with Crippen LogP contribution in [-0.2, 0) is 0 Å². The molecule has 0 aliphatic heterocycles. The molecule has 3 N–H and O–H groups in total. The average Bonchev–Trinajstić information content (AvgIpc) is 2.36. The van der Waals surface area contributed by atoms with Gasteiger partial charge in [-0.15, -0.1) is 0 Å². The lowest BCUT2D eigenvalue weighted by Gasteiger charge is -2.17. The highest BCUT2D eigenvalue weighted by Gasteiger charge is 2.10. The standard InChI is InChI=1S/C14H23N3O2/c1-10-5-6-13(18)12(9-10)11(2)15-7-8-16-14(19)17(3)4/h5-6,9,11,15,18H,7-8H2,1-4H3,(H,16,19). The van der Waals surface area contributed by atoms with E-state index in [0.29, 0.717) is 18.8 Å². The van der Waals surface area contributed by atoms with Crippen molar-refractivity contribution in [3.63, 3.8) is 0 Å². The smallest absolute Gasteiger partial charge is 0.316 e. The quantitative estimate of drug-likeness (QED) is 0.709. The highest BCUT2D eigenvalue weighted by Crippen LogP contribution is 2.24. The zero-order valence-electron chi connectivity index (χ0n) is 12.0. The van der Waals surface area contributed by atoms with E-state index in [0.717, 1.165) is 11.1 Å². The van der Waals surface area contributed by atoms with Crippen molar-refractivity contribution in [3.05, 3.63) is 29.3 Å². The van der Waals surface area contributed by atoms with Gasteiger partial charge in [-0.3, -0.25) is 0 Å². The third kappa shape index (κ3) is 4.79. The molecule has 0 heterocycles. The van der Waals surface area contributed by atoms with Gasteiger partial charge >= 0.3 is 6.03 Å². The first-order chi connectivity index (χ1) is 8.91. The summed E-state index contributed by atoms with van der Waals surface area (Å²) in [7, 11) is 3.41. The molecule has 0 fully saturated rings. The van der Waals surface area contributed by atoms with Gasteiger partial charge in [0, 0.05) is 38.8 Å². The first-order valence-corrected chi connectivity index (χ1v) is 6.40. The largest absolute Gasteiger partial charge is 0.508 e. The van der Waals surface area contributed by atoms with Gasteiger partial charge in [0.2, 0.25) is 0 Å². The Hall–Kier alpha value is -1.75. The Kier molecular flexibility index (Phi) is 5.63. The molecule has 106 valence electrons. The van der Waals surface area contributed by atoms with Gasteiger partial charge in [-0.05, 0) is 19.9 Å². The van der Waals surface area contributed by atoms with Crippen LogP contribution >= 0.6 is 0 Å². The van der Waals surface area contributed by atoms with Crippen molar-refractivity contribution in [2.24, 2.45) is 0 Å². The van der Waals surface area contributed by atoms with Gasteiger partial charge in [0.15, 0.2) is 0 Å². The molecule has 0 aliphatic rings. The summed E-state index contributed by atoms with van der Waals surface area (Å²) in [5.74, 6) is 0.294. The number of rotatable bonds is 5. The summed E-state index contributed by atoms with van der Waals surface area (Å²) in [6.07, 6.45) is 0. The molecule has 2 amide bonds. The minimum absolute atomic E-state index is 0.0381. The van der Waals surface area contributed by atoms with Gasteiger partial charge in [0.05, 0.1) is 0 Å². The fourth-order valence-corrected chi connectivity index (χ4v) is 1.75. The fraction of sp³-hybridized carbons (Fsp3) is 0.500. The van der Waals surface area contributed by atoms with Crippen LogP contribution in [0, 0.1) is 6.92 Å². The van der Waals surface area contributed by atoms with Gasteiger partial charge in [-0.25, -0.2) is 4.79 Å². The van der Waals surface area contributed by atoms with Crippen LogP contribution in [0.3, 0.4) is 0 Å². The molecule has 1 aromatic carbocycles. The second kappa shape index (κ2) is 6.99. The maximum absolute atomic E-state index is 11.3. The number of benzene rings is 1. The van der Waals surface area contributed by atoms with E-state index < -0.39 is 0 Å². The molecular formula is C14H23N3O2. The maximum Gasteiger partial charge on any atom is 0.316 e. The van der Waals surface area contributed by atoms with Crippen molar-refractivity contribution in [1.82, 2.24) is 15.5 Å². The topological polar surface area (TPSA) is 64.6 Å². The number of nitrogens with zero attached hydrogens (tertiary/aromatic N) is 1. The monoisotopic (exact) mass is 265 g/mol. The van der Waals surface area contributed by atoms with Crippen LogP contribution in [0.4, 0.5) is 4.79 Å². The van der Waals surface area contributed by atoms with E-state index in [-0.39, 0.29) is 12.1 Å². The van der Waals surface area contributed by atoms with Gasteiger partial charge in [0.1, 0.15) is 5.75 Å². The van der Waals surface area contributed by atoms with Crippen molar-refractivity contribution in [1.29, 1.82) is 0 Å². The Balaban J connectivity index is 2.41. The molecule has 1 unspecified atom stereocenters. The van der Waals surface area contributed by atoms with Crippen LogP contribution in [0.2, 0.25) is 0 Å². The summed E-state index contributed by atoms with van der Waals surface area (Å²) in [5.41, 5.74) is 1.99. The number of nitrogens with one attached hydrogen (secondary N) is 2. The lowest BCUT2D eigenvalue weighted by molar-refractivity contribution is 0.217. The van der Waals surface area contributed by atoms with E-state index in [4.69, 9.17) is 0 Å². The van der Waals surface area contributed by atoms with Crippen molar-refractivity contribution in [2.75, 3.05) is 27.2 Å². The number of carbonyl (C=O) groups is 1. The Bertz CT molecular complexity index is 433. The fourth-order valence-electron chi connectivity index (χ4n) is 1.75. The normalized spacial score (nSPS) is 12.0. The van der Waals surface area contributed by atoms with E-state index in [1.165, 1.54) is 4.90 Å². The molecule has 0 radical (unpaired) electrons. The molecule has 0 bridgehead atoms. The average molecular weight is 265 g/mol. The molecule has 19 heavy (non-hydrogen) atoms. The lowest BCUT2D eigenvalue weighted by Crippen LogP contribution is -2.38. The summed E-state index contributed by atoms with van der Waals surface area (Å²) in [6.45, 7) is 5.18. The van der Waals surface area contributed by atoms with Crippen molar-refractivity contribution >= 4 is 6.03 Å². The Morgan fingerprint density at radius 3 is 2.68 bits per heavy atom. The molecule has 1 rings (SSSR count). The van der Waals surface area contributed by atoms with E-state index in [9.17, 15) is 9.90 Å². The highest BCUT2D eigenvalue weighted by atomic mass is 16.3. The predicted octanol–water partition coefficient (Wildman–Crippen LogP) is 1.62. The van der Waals surface area contributed by atoms with Gasteiger partial charge in [-0.2, -0.15) is 0 Å². The SMILES string of the molecule is Cc1ccc(O)c(C(C)NCCNC(=O)N(C)C)c1. The number of aryl methyl sites for hydroxylation is 1. The van der Waals surface area contributed by atoms with E-state index >= 15 is 0 Å². The Morgan fingerprint density at radius 2 is 2.05 bits per heavy atom. The number of urea groups is 1. The summed E-state index contributed by atoms with van der Waals surface area (Å²) >= 11 is 0. The number of hydrogen-bond donors (Lipinski definition) is 3. The number of carbonyl (C=O) groups excluding carboxylic acids is 1. The maximum atomic E-state index is 11.3. The molecule has 5 heteroatoms. The van der Waals surface area contributed by atoms with Crippen LogP contribution in [0.15, 0.2) is 18.2 Å². The summed E-state index contributed by atoms with van der Waals surface area (Å²) < 4.78 is 0. The van der Waals surface area contributed by atoms with Crippen molar-refractivity contribution < 1.29 is 9.90 Å². The second-order valence-electron chi connectivity index (χ2n) is 4.86. The van der Waals surface area contributed by atoms with E-state index in [1.807, 2.05) is 26.0 Å². The number of phenolic OH excluding ortho intramolecular Hbond substituents is 1. The summed E-state index contributed by atoms with van der Waals surface area (Å²) in [5, 5.41) is 15.9. The van der Waals surface area contributed by atoms with Crippen LogP contribution in [0.5, 0.6) is 5.75 Å². The first-order valence-electron chi connectivity index (χ1n) is 6.40. The highest BCUT2D eigenvalue weighted by molar-refractivity contribution is 5.73.